The molecular weight excluding hydrogens is 423 g/mol. The van der Waals surface area contributed by atoms with E-state index in [1.807, 2.05) is 22.9 Å². The zero-order chi connectivity index (χ0) is 22.2. The Morgan fingerprint density at radius 2 is 1.50 bits per heavy atom. The molecule has 0 aromatic heterocycles. The van der Waals surface area contributed by atoms with E-state index >= 15 is 0 Å². The summed E-state index contributed by atoms with van der Waals surface area (Å²) in [5, 5.41) is 5.01. The van der Waals surface area contributed by atoms with Gasteiger partial charge in [0.15, 0.2) is 0 Å². The van der Waals surface area contributed by atoms with E-state index in [2.05, 4.69) is 10.6 Å². The first-order chi connectivity index (χ1) is 14.1. The Morgan fingerprint density at radius 3 is 2.13 bits per heavy atom. The predicted molar refractivity (Wildman–Crippen MR) is 103 cm³/mol. The molecule has 11 heteroatoms. The summed E-state index contributed by atoms with van der Waals surface area (Å²) in [6.07, 6.45) is -4.50. The molecule has 2 aromatic rings. The van der Waals surface area contributed by atoms with Crippen LogP contribution in [0.25, 0.3) is 0 Å². The molecule has 0 saturated heterocycles. The van der Waals surface area contributed by atoms with E-state index in [9.17, 15) is 31.2 Å². The first-order valence-electron chi connectivity index (χ1n) is 8.82. The molecule has 0 atom stereocenters. The van der Waals surface area contributed by atoms with Gasteiger partial charge in [0.25, 0.3) is 0 Å². The van der Waals surface area contributed by atoms with Gasteiger partial charge in [-0.3, -0.25) is 9.59 Å². The molecule has 2 aromatic carbocycles. The Kier molecular flexibility index (Phi) is 7.95. The molecule has 0 aliphatic heterocycles. The lowest BCUT2D eigenvalue weighted by molar-refractivity contribution is -0.137. The first kappa shape index (κ1) is 23.4. The zero-order valence-corrected chi connectivity index (χ0v) is 16.5. The van der Waals surface area contributed by atoms with Crippen LogP contribution in [0.5, 0.6) is 0 Å². The molecule has 0 aliphatic rings. The van der Waals surface area contributed by atoms with Crippen LogP contribution in [0.4, 0.5) is 13.2 Å². The highest BCUT2D eigenvalue weighted by Crippen LogP contribution is 2.30. The van der Waals surface area contributed by atoms with Crippen LogP contribution in [0.1, 0.15) is 11.1 Å². The van der Waals surface area contributed by atoms with Crippen molar-refractivity contribution in [3.05, 3.63) is 65.7 Å². The third-order valence-electron chi connectivity index (χ3n) is 3.87. The van der Waals surface area contributed by atoms with Gasteiger partial charge in [0.05, 0.1) is 23.4 Å². The molecule has 2 rings (SSSR count). The Labute approximate surface area is 171 Å². The minimum atomic E-state index is -4.69. The van der Waals surface area contributed by atoms with E-state index < -0.39 is 39.1 Å². The maximum atomic E-state index is 12.7. The van der Waals surface area contributed by atoms with Gasteiger partial charge in [-0.05, 0) is 23.8 Å². The van der Waals surface area contributed by atoms with E-state index in [1.165, 1.54) is 0 Å². The standard InChI is InChI=1S/C19H20F3N3O4S/c20-19(21,22)15-7-4-8-16(12-15)30(28,29)25-13-18(27)24-10-9-23-17(26)11-14-5-2-1-3-6-14/h1-8,12,25H,9-11,13H2,(H,23,26)(H,24,27). The highest BCUT2D eigenvalue weighted by atomic mass is 32.2. The maximum Gasteiger partial charge on any atom is 0.416 e. The van der Waals surface area contributed by atoms with Crippen LogP contribution in [-0.2, 0) is 32.2 Å². The largest absolute Gasteiger partial charge is 0.416 e. The van der Waals surface area contributed by atoms with E-state index in [-0.39, 0.29) is 25.4 Å². The average Bonchev–Trinajstić information content (AvgIpc) is 2.70. The summed E-state index contributed by atoms with van der Waals surface area (Å²) in [4.78, 5) is 22.9. The average molecular weight is 443 g/mol. The van der Waals surface area contributed by atoms with Crippen LogP contribution >= 0.6 is 0 Å². The van der Waals surface area contributed by atoms with Crippen LogP contribution in [0.3, 0.4) is 0 Å². The molecule has 0 bridgehead atoms. The molecule has 0 unspecified atom stereocenters. The number of sulfonamides is 1. The summed E-state index contributed by atoms with van der Waals surface area (Å²) >= 11 is 0. The van der Waals surface area contributed by atoms with Gasteiger partial charge < -0.3 is 10.6 Å². The lowest BCUT2D eigenvalue weighted by Crippen LogP contribution is -2.40. The van der Waals surface area contributed by atoms with Gasteiger partial charge in [-0.2, -0.15) is 13.2 Å². The van der Waals surface area contributed by atoms with Crippen molar-refractivity contribution in [3.8, 4) is 0 Å². The molecule has 0 aliphatic carbocycles. The number of hydrogen-bond donors (Lipinski definition) is 3. The minimum absolute atomic E-state index is 0.0602. The van der Waals surface area contributed by atoms with E-state index in [4.69, 9.17) is 0 Å². The summed E-state index contributed by atoms with van der Waals surface area (Å²) in [5.41, 5.74) is -0.274. The maximum absolute atomic E-state index is 12.7. The normalized spacial score (nSPS) is 11.7. The third kappa shape index (κ3) is 7.48. The smallest absolute Gasteiger partial charge is 0.354 e. The fourth-order valence-corrected chi connectivity index (χ4v) is 3.42. The van der Waals surface area contributed by atoms with E-state index in [0.29, 0.717) is 6.07 Å². The summed E-state index contributed by atoms with van der Waals surface area (Å²) in [6, 6.07) is 12.3. The van der Waals surface area contributed by atoms with Crippen molar-refractivity contribution in [1.82, 2.24) is 15.4 Å². The topological polar surface area (TPSA) is 104 Å². The number of amides is 2. The second-order valence-electron chi connectivity index (χ2n) is 6.21. The number of alkyl halides is 3. The van der Waals surface area contributed by atoms with Crippen molar-refractivity contribution >= 4 is 21.8 Å². The van der Waals surface area contributed by atoms with Gasteiger partial charge in [0.2, 0.25) is 21.8 Å². The van der Waals surface area contributed by atoms with Crippen molar-refractivity contribution in [3.63, 3.8) is 0 Å². The zero-order valence-electron chi connectivity index (χ0n) is 15.7. The summed E-state index contributed by atoms with van der Waals surface area (Å²) in [7, 11) is -4.30. The summed E-state index contributed by atoms with van der Waals surface area (Å²) in [5.74, 6) is -0.927. The SMILES string of the molecule is O=C(CNS(=O)(=O)c1cccc(C(F)(F)F)c1)NCCNC(=O)Cc1ccccc1. The van der Waals surface area contributed by atoms with Crippen molar-refractivity contribution < 1.29 is 31.2 Å². The Bertz CT molecular complexity index is 980. The molecule has 3 N–H and O–H groups in total. The Balaban J connectivity index is 1.74. The third-order valence-corrected chi connectivity index (χ3v) is 5.27. The highest BCUT2D eigenvalue weighted by Gasteiger charge is 2.31. The van der Waals surface area contributed by atoms with Gasteiger partial charge in [0.1, 0.15) is 0 Å². The van der Waals surface area contributed by atoms with Gasteiger partial charge >= 0.3 is 6.18 Å². The van der Waals surface area contributed by atoms with Crippen LogP contribution in [0.2, 0.25) is 0 Å². The Hall–Kier alpha value is -2.92. The molecule has 7 nitrogen and oxygen atoms in total. The van der Waals surface area contributed by atoms with E-state index in [1.54, 1.807) is 12.1 Å². The van der Waals surface area contributed by atoms with Gasteiger partial charge in [0, 0.05) is 13.1 Å². The number of halogens is 3. The van der Waals surface area contributed by atoms with Crippen molar-refractivity contribution in [2.24, 2.45) is 0 Å². The number of hydrogen-bond acceptors (Lipinski definition) is 4. The van der Waals surface area contributed by atoms with Crippen LogP contribution in [0, 0.1) is 0 Å². The monoisotopic (exact) mass is 443 g/mol. The lowest BCUT2D eigenvalue weighted by atomic mass is 10.1. The minimum Gasteiger partial charge on any atom is -0.354 e. The number of rotatable bonds is 9. The van der Waals surface area contributed by atoms with Crippen molar-refractivity contribution in [2.45, 2.75) is 17.5 Å². The van der Waals surface area contributed by atoms with Gasteiger partial charge in [-0.15, -0.1) is 0 Å². The van der Waals surface area contributed by atoms with Crippen molar-refractivity contribution in [1.29, 1.82) is 0 Å². The number of carbonyl (C=O) groups is 2. The molecular formula is C19H20F3N3O4S. The van der Waals surface area contributed by atoms with Gasteiger partial charge in [-0.25, -0.2) is 13.1 Å². The van der Waals surface area contributed by atoms with Crippen molar-refractivity contribution in [2.75, 3.05) is 19.6 Å². The summed E-state index contributed by atoms with van der Waals surface area (Å²) in [6.45, 7) is -0.459. The molecule has 0 spiro atoms. The summed E-state index contributed by atoms with van der Waals surface area (Å²) < 4.78 is 64.3. The molecule has 162 valence electrons. The quantitative estimate of drug-likeness (QED) is 0.511. The number of carbonyl (C=O) groups excluding carboxylic acids is 2. The molecule has 30 heavy (non-hydrogen) atoms. The predicted octanol–water partition coefficient (Wildman–Crippen LogP) is 1.46. The molecule has 0 radical (unpaired) electrons. The molecule has 0 fully saturated rings. The first-order valence-corrected chi connectivity index (χ1v) is 10.3. The molecule has 0 saturated carbocycles. The van der Waals surface area contributed by atoms with E-state index in [0.717, 1.165) is 23.8 Å². The second kappa shape index (κ2) is 10.2. The molecule has 2 amide bonds. The number of benzene rings is 2. The van der Waals surface area contributed by atoms with Crippen LogP contribution in [-0.4, -0.2) is 39.9 Å². The Morgan fingerprint density at radius 1 is 0.867 bits per heavy atom. The fraction of sp³-hybridized carbons (Fsp3) is 0.263. The second-order valence-corrected chi connectivity index (χ2v) is 7.98. The lowest BCUT2D eigenvalue weighted by Gasteiger charge is -2.11. The molecule has 0 heterocycles. The van der Waals surface area contributed by atoms with Gasteiger partial charge in [-0.1, -0.05) is 36.4 Å². The van der Waals surface area contributed by atoms with Crippen LogP contribution in [0.15, 0.2) is 59.5 Å². The highest BCUT2D eigenvalue weighted by molar-refractivity contribution is 7.89. The van der Waals surface area contributed by atoms with Crippen LogP contribution < -0.4 is 15.4 Å². The number of nitrogens with one attached hydrogen (secondary N) is 3. The fourth-order valence-electron chi connectivity index (χ4n) is 2.39.